The Bertz CT molecular complexity index is 582. The number of carboxylic acid groups (broad SMARTS) is 1. The van der Waals surface area contributed by atoms with Crippen molar-refractivity contribution in [1.29, 1.82) is 0 Å². The van der Waals surface area contributed by atoms with Gasteiger partial charge in [-0.1, -0.05) is 0 Å². The largest absolute Gasteiger partial charge is 0.480 e. The van der Waals surface area contributed by atoms with Crippen molar-refractivity contribution in [1.82, 2.24) is 16.0 Å². The first kappa shape index (κ1) is 25.3. The van der Waals surface area contributed by atoms with Crippen LogP contribution in [-0.2, 0) is 24.0 Å². The van der Waals surface area contributed by atoms with Crippen LogP contribution in [0.5, 0.6) is 0 Å². The Morgan fingerprint density at radius 3 is 1.93 bits per heavy atom. The first-order valence-electron chi connectivity index (χ1n) is 8.87. The molecule has 160 valence electrons. The molecule has 0 saturated carbocycles. The monoisotopic (exact) mass is 402 g/mol. The summed E-state index contributed by atoms with van der Waals surface area (Å²) in [6.07, 6.45) is 0.649. The third-order valence-corrected chi connectivity index (χ3v) is 3.77. The molecule has 0 bridgehead atoms. The molecular weight excluding hydrogens is 372 g/mol. The minimum Gasteiger partial charge on any atom is -0.480 e. The molecule has 4 unspecified atom stereocenters. The minimum absolute atomic E-state index is 0.135. The number of primary amides is 1. The van der Waals surface area contributed by atoms with Crippen molar-refractivity contribution in [3.8, 4) is 0 Å². The van der Waals surface area contributed by atoms with Crippen LogP contribution in [0.3, 0.4) is 0 Å². The lowest BCUT2D eigenvalue weighted by Gasteiger charge is -2.22. The van der Waals surface area contributed by atoms with Crippen molar-refractivity contribution < 1.29 is 29.1 Å². The van der Waals surface area contributed by atoms with E-state index < -0.39 is 60.2 Å². The fourth-order valence-electron chi connectivity index (χ4n) is 2.14. The molecule has 12 heteroatoms. The summed E-state index contributed by atoms with van der Waals surface area (Å²) in [5.74, 6) is -4.34. The van der Waals surface area contributed by atoms with Crippen molar-refractivity contribution in [2.75, 3.05) is 6.54 Å². The molecule has 12 nitrogen and oxygen atoms in total. The topological polar surface area (TPSA) is 220 Å². The molecule has 4 amide bonds. The van der Waals surface area contributed by atoms with E-state index in [2.05, 4.69) is 16.0 Å². The predicted octanol–water partition coefficient (Wildman–Crippen LogP) is -3.10. The number of unbranched alkanes of at least 4 members (excludes halogenated alkanes) is 1. The lowest BCUT2D eigenvalue weighted by atomic mass is 10.1. The van der Waals surface area contributed by atoms with Gasteiger partial charge in [-0.05, 0) is 39.7 Å². The number of aliphatic carboxylic acids is 1. The SMILES string of the molecule is CC(N)C(=O)NC(C)C(=O)NC(CC(N)=O)C(=O)NC(CCCCN)C(=O)O. The Morgan fingerprint density at radius 1 is 0.893 bits per heavy atom. The lowest BCUT2D eigenvalue weighted by Crippen LogP contribution is -2.56. The van der Waals surface area contributed by atoms with Gasteiger partial charge in [-0.3, -0.25) is 19.2 Å². The average molecular weight is 402 g/mol. The Labute approximate surface area is 162 Å². The number of nitrogens with one attached hydrogen (secondary N) is 3. The molecule has 28 heavy (non-hydrogen) atoms. The van der Waals surface area contributed by atoms with Crippen molar-refractivity contribution in [3.63, 3.8) is 0 Å². The first-order valence-corrected chi connectivity index (χ1v) is 8.87. The zero-order chi connectivity index (χ0) is 21.9. The normalized spacial score (nSPS) is 14.9. The van der Waals surface area contributed by atoms with Crippen LogP contribution in [0.1, 0.15) is 39.5 Å². The van der Waals surface area contributed by atoms with Gasteiger partial charge in [-0.2, -0.15) is 0 Å². The van der Waals surface area contributed by atoms with Crippen LogP contribution in [-0.4, -0.2) is 65.4 Å². The maximum Gasteiger partial charge on any atom is 0.326 e. The van der Waals surface area contributed by atoms with Gasteiger partial charge in [0.25, 0.3) is 0 Å². The second-order valence-electron chi connectivity index (χ2n) is 6.43. The van der Waals surface area contributed by atoms with Gasteiger partial charge in [-0.25, -0.2) is 4.79 Å². The highest BCUT2D eigenvalue weighted by Gasteiger charge is 2.29. The third kappa shape index (κ3) is 9.83. The van der Waals surface area contributed by atoms with Crippen LogP contribution in [0, 0.1) is 0 Å². The summed E-state index contributed by atoms with van der Waals surface area (Å²) in [5.41, 5.74) is 15.9. The van der Waals surface area contributed by atoms with Crippen molar-refractivity contribution in [2.45, 2.75) is 63.7 Å². The van der Waals surface area contributed by atoms with E-state index in [4.69, 9.17) is 17.2 Å². The summed E-state index contributed by atoms with van der Waals surface area (Å²) in [6.45, 7) is 3.17. The quantitative estimate of drug-likeness (QED) is 0.156. The summed E-state index contributed by atoms with van der Waals surface area (Å²) in [7, 11) is 0. The Morgan fingerprint density at radius 2 is 1.46 bits per heavy atom. The molecule has 4 atom stereocenters. The Balaban J connectivity index is 5.05. The number of amides is 4. The second kappa shape index (κ2) is 12.6. The molecule has 0 heterocycles. The van der Waals surface area contributed by atoms with Crippen LogP contribution in [0.4, 0.5) is 0 Å². The molecule has 0 fully saturated rings. The molecule has 0 aliphatic carbocycles. The number of nitrogens with two attached hydrogens (primary N) is 3. The van der Waals surface area contributed by atoms with E-state index in [9.17, 15) is 29.1 Å². The van der Waals surface area contributed by atoms with Crippen molar-refractivity contribution in [2.24, 2.45) is 17.2 Å². The smallest absolute Gasteiger partial charge is 0.326 e. The van der Waals surface area contributed by atoms with Gasteiger partial charge in [0.05, 0.1) is 12.5 Å². The maximum absolute atomic E-state index is 12.4. The van der Waals surface area contributed by atoms with Crippen LogP contribution >= 0.6 is 0 Å². The highest BCUT2D eigenvalue weighted by Crippen LogP contribution is 2.03. The summed E-state index contributed by atoms with van der Waals surface area (Å²) >= 11 is 0. The summed E-state index contributed by atoms with van der Waals surface area (Å²) < 4.78 is 0. The van der Waals surface area contributed by atoms with Crippen molar-refractivity contribution >= 4 is 29.6 Å². The van der Waals surface area contributed by atoms with E-state index in [-0.39, 0.29) is 6.42 Å². The van der Waals surface area contributed by atoms with E-state index in [0.29, 0.717) is 19.4 Å². The molecule has 0 aromatic rings. The first-order chi connectivity index (χ1) is 13.0. The van der Waals surface area contributed by atoms with E-state index in [1.165, 1.54) is 13.8 Å². The lowest BCUT2D eigenvalue weighted by molar-refractivity contribution is -0.142. The zero-order valence-corrected chi connectivity index (χ0v) is 16.1. The molecule has 0 rings (SSSR count). The van der Waals surface area contributed by atoms with E-state index in [1.54, 1.807) is 0 Å². The van der Waals surface area contributed by atoms with Crippen LogP contribution in [0.25, 0.3) is 0 Å². The van der Waals surface area contributed by atoms with E-state index in [0.717, 1.165) is 0 Å². The summed E-state index contributed by atoms with van der Waals surface area (Å²) in [6, 6.07) is -4.48. The van der Waals surface area contributed by atoms with Gasteiger partial charge >= 0.3 is 5.97 Å². The molecule has 0 saturated heterocycles. The fraction of sp³-hybridized carbons (Fsp3) is 0.688. The zero-order valence-electron chi connectivity index (χ0n) is 16.1. The minimum atomic E-state index is -1.39. The average Bonchev–Trinajstić information content (AvgIpc) is 2.59. The highest BCUT2D eigenvalue weighted by atomic mass is 16.4. The van der Waals surface area contributed by atoms with Crippen LogP contribution in [0.2, 0.25) is 0 Å². The third-order valence-electron chi connectivity index (χ3n) is 3.77. The van der Waals surface area contributed by atoms with Gasteiger partial charge < -0.3 is 38.3 Å². The number of hydrogen-bond donors (Lipinski definition) is 7. The molecule has 0 aromatic heterocycles. The molecule has 0 aliphatic heterocycles. The molecule has 0 radical (unpaired) electrons. The van der Waals surface area contributed by atoms with Gasteiger partial charge in [0, 0.05) is 0 Å². The van der Waals surface area contributed by atoms with Crippen LogP contribution in [0.15, 0.2) is 0 Å². The fourth-order valence-corrected chi connectivity index (χ4v) is 2.14. The summed E-state index contributed by atoms with van der Waals surface area (Å²) in [5, 5.41) is 16.1. The highest BCUT2D eigenvalue weighted by molar-refractivity contribution is 5.95. The van der Waals surface area contributed by atoms with E-state index in [1.807, 2.05) is 0 Å². The Kier molecular flexibility index (Phi) is 11.4. The molecule has 0 aromatic carbocycles. The van der Waals surface area contributed by atoms with Crippen LogP contribution < -0.4 is 33.2 Å². The number of hydrogen-bond acceptors (Lipinski definition) is 7. The number of carbonyl (C=O) groups excluding carboxylic acids is 4. The molecule has 0 aliphatic rings. The maximum atomic E-state index is 12.4. The van der Waals surface area contributed by atoms with Gasteiger partial charge in [0.1, 0.15) is 18.1 Å². The predicted molar refractivity (Wildman–Crippen MR) is 99.5 cm³/mol. The standard InChI is InChI=1S/C16H30N6O6/c1-8(18)13(24)20-9(2)14(25)22-11(7-12(19)23)15(26)21-10(16(27)28)5-3-4-6-17/h8-11H,3-7,17-18H2,1-2H3,(H2,19,23)(H,20,24)(H,21,26)(H,22,25)(H,27,28). The molecular formula is C16H30N6O6. The molecule has 0 spiro atoms. The summed E-state index contributed by atoms with van der Waals surface area (Å²) in [4.78, 5) is 58.7. The number of rotatable bonds is 13. The second-order valence-corrected chi connectivity index (χ2v) is 6.43. The van der Waals surface area contributed by atoms with Gasteiger partial charge in [0.2, 0.25) is 23.6 Å². The van der Waals surface area contributed by atoms with E-state index >= 15 is 0 Å². The van der Waals surface area contributed by atoms with Gasteiger partial charge in [0.15, 0.2) is 0 Å². The van der Waals surface area contributed by atoms with Crippen molar-refractivity contribution in [3.05, 3.63) is 0 Å². The Hall–Kier alpha value is -2.73. The van der Waals surface area contributed by atoms with Gasteiger partial charge in [-0.15, -0.1) is 0 Å². The number of carboxylic acids is 1. The number of carbonyl (C=O) groups is 5. The molecule has 10 N–H and O–H groups in total.